The van der Waals surface area contributed by atoms with Crippen LogP contribution in [-0.4, -0.2) is 16.3 Å². The zero-order valence-electron chi connectivity index (χ0n) is 17.9. The lowest BCUT2D eigenvalue weighted by molar-refractivity contribution is 0.255. The number of hydrogen-bond acceptors (Lipinski definition) is 4. The van der Waals surface area contributed by atoms with Crippen LogP contribution in [0.2, 0.25) is 0 Å². The molecule has 2 aromatic carbocycles. The second-order valence-corrected chi connectivity index (χ2v) is 7.61. The van der Waals surface area contributed by atoms with E-state index in [2.05, 4.69) is 6.92 Å². The minimum Gasteiger partial charge on any atom is -0.508 e. The van der Waals surface area contributed by atoms with Gasteiger partial charge in [-0.25, -0.2) is 0 Å². The molecule has 3 aromatic rings. The van der Waals surface area contributed by atoms with Gasteiger partial charge in [-0.3, -0.25) is 4.79 Å². The number of hydrogen-bond donors (Lipinski definition) is 1. The summed E-state index contributed by atoms with van der Waals surface area (Å²) in [5.41, 5.74) is 1.35. The van der Waals surface area contributed by atoms with Crippen LogP contribution in [0.4, 0.5) is 0 Å². The summed E-state index contributed by atoms with van der Waals surface area (Å²) in [4.78, 5) is 13.0. The van der Waals surface area contributed by atoms with E-state index in [1.165, 1.54) is 30.3 Å². The highest BCUT2D eigenvalue weighted by Gasteiger charge is 2.19. The molecule has 0 radical (unpaired) electrons. The number of pyridine rings is 1. The summed E-state index contributed by atoms with van der Waals surface area (Å²) in [5.74, 6) is 0.773. The third-order valence-electron chi connectivity index (χ3n) is 5.26. The Balaban J connectivity index is 1.84. The van der Waals surface area contributed by atoms with E-state index in [0.717, 1.165) is 23.8 Å². The fourth-order valence-corrected chi connectivity index (χ4v) is 3.53. The molecule has 1 heterocycles. The van der Waals surface area contributed by atoms with Crippen molar-refractivity contribution in [2.45, 2.75) is 52.1 Å². The number of phenols is 1. The van der Waals surface area contributed by atoms with Crippen molar-refractivity contribution in [3.63, 3.8) is 0 Å². The zero-order valence-corrected chi connectivity index (χ0v) is 17.9. The van der Waals surface area contributed by atoms with Gasteiger partial charge in [-0.1, -0.05) is 69.4 Å². The molecule has 0 aliphatic heterocycles. The first-order chi connectivity index (χ1) is 14.6. The van der Waals surface area contributed by atoms with Crippen molar-refractivity contribution in [1.29, 1.82) is 0 Å². The van der Waals surface area contributed by atoms with Crippen molar-refractivity contribution in [2.24, 2.45) is 7.05 Å². The van der Waals surface area contributed by atoms with Gasteiger partial charge in [0.25, 0.3) is 5.56 Å². The van der Waals surface area contributed by atoms with Gasteiger partial charge in [0.05, 0.1) is 12.1 Å². The maximum absolute atomic E-state index is 13.0. The standard InChI is InChI=1S/C25H31NO4/c1-3-4-5-6-7-11-16-29-24-23(30-18-19-12-9-8-10-13-19)21-15-14-20(27)17-22(21)26(2)25(24)28/h8-10,12-15,17,27H,3-7,11,16,18H2,1-2H3. The number of phenolic OH excluding ortho intramolecular Hbond substituents is 1. The minimum atomic E-state index is -0.262. The van der Waals surface area contributed by atoms with Crippen molar-refractivity contribution in [2.75, 3.05) is 6.61 Å². The van der Waals surface area contributed by atoms with Crippen LogP contribution in [0.5, 0.6) is 17.2 Å². The molecule has 160 valence electrons. The molecule has 0 aliphatic rings. The smallest absolute Gasteiger partial charge is 0.297 e. The quantitative estimate of drug-likeness (QED) is 0.421. The number of aromatic nitrogens is 1. The molecule has 5 heteroatoms. The van der Waals surface area contributed by atoms with Crippen molar-refractivity contribution in [1.82, 2.24) is 4.57 Å². The summed E-state index contributed by atoms with van der Waals surface area (Å²) in [6, 6.07) is 14.8. The summed E-state index contributed by atoms with van der Waals surface area (Å²) in [7, 11) is 1.68. The van der Waals surface area contributed by atoms with Gasteiger partial charge in [-0.15, -0.1) is 0 Å². The second-order valence-electron chi connectivity index (χ2n) is 7.61. The van der Waals surface area contributed by atoms with Gasteiger partial charge < -0.3 is 19.1 Å². The maximum Gasteiger partial charge on any atom is 0.297 e. The van der Waals surface area contributed by atoms with E-state index in [1.807, 2.05) is 30.3 Å². The van der Waals surface area contributed by atoms with Gasteiger partial charge in [0.1, 0.15) is 12.4 Å². The Hall–Kier alpha value is -2.95. The topological polar surface area (TPSA) is 60.7 Å². The number of fused-ring (bicyclic) bond motifs is 1. The Labute approximate surface area is 177 Å². The molecule has 0 bridgehead atoms. The zero-order chi connectivity index (χ0) is 21.3. The second kappa shape index (κ2) is 10.7. The van der Waals surface area contributed by atoms with Gasteiger partial charge in [0.15, 0.2) is 5.75 Å². The molecule has 0 saturated carbocycles. The lowest BCUT2D eigenvalue weighted by Crippen LogP contribution is -2.21. The van der Waals surface area contributed by atoms with E-state index in [4.69, 9.17) is 9.47 Å². The summed E-state index contributed by atoms with van der Waals surface area (Å²) in [6.07, 6.45) is 6.89. The van der Waals surface area contributed by atoms with Gasteiger partial charge >= 0.3 is 0 Å². The molecule has 0 amide bonds. The van der Waals surface area contributed by atoms with Crippen LogP contribution >= 0.6 is 0 Å². The number of unbranched alkanes of at least 4 members (excludes halogenated alkanes) is 5. The third-order valence-corrected chi connectivity index (χ3v) is 5.26. The van der Waals surface area contributed by atoms with Crippen LogP contribution in [-0.2, 0) is 13.7 Å². The average Bonchev–Trinajstić information content (AvgIpc) is 2.76. The Kier molecular flexibility index (Phi) is 7.77. The fraction of sp³-hybridized carbons (Fsp3) is 0.400. The van der Waals surface area contributed by atoms with Crippen LogP contribution in [0.25, 0.3) is 10.9 Å². The van der Waals surface area contributed by atoms with Crippen LogP contribution < -0.4 is 15.0 Å². The molecule has 0 unspecified atom stereocenters. The summed E-state index contributed by atoms with van der Waals surface area (Å²) >= 11 is 0. The van der Waals surface area contributed by atoms with E-state index < -0.39 is 0 Å². The van der Waals surface area contributed by atoms with Crippen molar-refractivity contribution < 1.29 is 14.6 Å². The monoisotopic (exact) mass is 409 g/mol. The van der Waals surface area contributed by atoms with Crippen LogP contribution in [0.1, 0.15) is 51.0 Å². The van der Waals surface area contributed by atoms with E-state index in [1.54, 1.807) is 25.2 Å². The summed E-state index contributed by atoms with van der Waals surface area (Å²) < 4.78 is 13.6. The number of nitrogens with zero attached hydrogens (tertiary/aromatic N) is 1. The maximum atomic E-state index is 13.0. The molecule has 0 fully saturated rings. The fourth-order valence-electron chi connectivity index (χ4n) is 3.53. The van der Waals surface area contributed by atoms with Crippen LogP contribution in [0.3, 0.4) is 0 Å². The normalized spacial score (nSPS) is 11.0. The summed E-state index contributed by atoms with van der Waals surface area (Å²) in [5, 5.41) is 10.6. The third kappa shape index (κ3) is 5.35. The van der Waals surface area contributed by atoms with Crippen molar-refractivity contribution >= 4 is 10.9 Å². The van der Waals surface area contributed by atoms with E-state index >= 15 is 0 Å². The molecule has 0 atom stereocenters. The number of ether oxygens (including phenoxy) is 2. The number of aryl methyl sites for hydroxylation is 1. The number of aromatic hydroxyl groups is 1. The molecule has 0 aliphatic carbocycles. The van der Waals surface area contributed by atoms with Crippen molar-refractivity contribution in [3.05, 3.63) is 64.4 Å². The first kappa shape index (κ1) is 21.8. The first-order valence-electron chi connectivity index (χ1n) is 10.8. The predicted molar refractivity (Wildman–Crippen MR) is 120 cm³/mol. The van der Waals surface area contributed by atoms with Gasteiger partial charge in [0.2, 0.25) is 5.75 Å². The van der Waals surface area contributed by atoms with E-state index in [0.29, 0.717) is 24.5 Å². The molecule has 1 N–H and O–H groups in total. The lowest BCUT2D eigenvalue weighted by Gasteiger charge is -2.17. The first-order valence-corrected chi connectivity index (χ1v) is 10.8. The van der Waals surface area contributed by atoms with Crippen molar-refractivity contribution in [3.8, 4) is 17.2 Å². The predicted octanol–water partition coefficient (Wildman–Crippen LogP) is 5.56. The molecule has 0 saturated heterocycles. The Morgan fingerprint density at radius 3 is 2.40 bits per heavy atom. The largest absolute Gasteiger partial charge is 0.508 e. The SMILES string of the molecule is CCCCCCCCOc1c(OCc2ccccc2)c2ccc(O)cc2n(C)c1=O. The minimum absolute atomic E-state index is 0.104. The highest BCUT2D eigenvalue weighted by molar-refractivity contribution is 5.88. The van der Waals surface area contributed by atoms with Crippen LogP contribution in [0, 0.1) is 0 Å². The highest BCUT2D eigenvalue weighted by atomic mass is 16.5. The molecular weight excluding hydrogens is 378 g/mol. The van der Waals surface area contributed by atoms with E-state index in [-0.39, 0.29) is 17.1 Å². The average molecular weight is 410 g/mol. The van der Waals surface area contributed by atoms with Gasteiger partial charge in [-0.2, -0.15) is 0 Å². The van der Waals surface area contributed by atoms with Gasteiger partial charge in [-0.05, 0) is 24.1 Å². The molecular formula is C25H31NO4. The molecule has 3 rings (SSSR count). The van der Waals surface area contributed by atoms with Crippen LogP contribution in [0.15, 0.2) is 53.3 Å². The Morgan fingerprint density at radius 1 is 0.900 bits per heavy atom. The number of benzene rings is 2. The molecule has 30 heavy (non-hydrogen) atoms. The van der Waals surface area contributed by atoms with E-state index in [9.17, 15) is 9.90 Å². The lowest BCUT2D eigenvalue weighted by atomic mass is 10.1. The van der Waals surface area contributed by atoms with Gasteiger partial charge in [0, 0.05) is 18.5 Å². The number of rotatable bonds is 11. The summed E-state index contributed by atoms with van der Waals surface area (Å²) in [6.45, 7) is 3.01. The molecule has 0 spiro atoms. The highest BCUT2D eigenvalue weighted by Crippen LogP contribution is 2.34. The molecule has 5 nitrogen and oxygen atoms in total. The molecule has 1 aromatic heterocycles. The Morgan fingerprint density at radius 2 is 1.63 bits per heavy atom. The Bertz CT molecular complexity index is 1010.